The molecule has 6 nitrogen and oxygen atoms in total. The van der Waals surface area contributed by atoms with Crippen molar-refractivity contribution in [3.8, 4) is 5.95 Å². The highest BCUT2D eigenvalue weighted by Gasteiger charge is 2.10. The van der Waals surface area contributed by atoms with E-state index in [4.69, 9.17) is 5.73 Å². The Labute approximate surface area is 93.6 Å². The molecule has 6 heteroatoms. The number of nitrogens with two attached hydrogens (primary N) is 1. The van der Waals surface area contributed by atoms with Crippen molar-refractivity contribution in [2.24, 2.45) is 0 Å². The van der Waals surface area contributed by atoms with Crippen LogP contribution in [0.5, 0.6) is 0 Å². The zero-order chi connectivity index (χ0) is 11.5. The van der Waals surface area contributed by atoms with Crippen molar-refractivity contribution in [3.05, 3.63) is 24.0 Å². The van der Waals surface area contributed by atoms with Crippen molar-refractivity contribution in [2.75, 3.05) is 5.73 Å². The summed E-state index contributed by atoms with van der Waals surface area (Å²) in [4.78, 5) is 12.6. The number of rotatable bonds is 3. The highest BCUT2D eigenvalue weighted by Crippen LogP contribution is 2.07. The lowest BCUT2D eigenvalue weighted by Crippen LogP contribution is -2.07. The molecule has 2 heterocycles. The fraction of sp³-hybridized carbons (Fsp3) is 0.400. The number of anilines is 1. The van der Waals surface area contributed by atoms with Crippen LogP contribution >= 0.6 is 0 Å². The topological polar surface area (TPSA) is 82.5 Å². The Morgan fingerprint density at radius 3 is 2.44 bits per heavy atom. The molecule has 0 aliphatic heterocycles. The van der Waals surface area contributed by atoms with Gasteiger partial charge in [-0.25, -0.2) is 15.0 Å². The maximum Gasteiger partial charge on any atom is 0.252 e. The van der Waals surface area contributed by atoms with E-state index in [1.54, 1.807) is 17.1 Å². The average molecular weight is 218 g/mol. The Hall–Kier alpha value is -1.98. The van der Waals surface area contributed by atoms with Gasteiger partial charge in [0.2, 0.25) is 0 Å². The first-order valence-electron chi connectivity index (χ1n) is 5.27. The van der Waals surface area contributed by atoms with Gasteiger partial charge in [-0.3, -0.25) is 0 Å². The molecule has 2 rings (SSSR count). The minimum absolute atomic E-state index is 0.512. The number of aromatic nitrogens is 5. The molecule has 0 amide bonds. The van der Waals surface area contributed by atoms with Crippen LogP contribution in [0, 0.1) is 0 Å². The van der Waals surface area contributed by atoms with Crippen LogP contribution in [0.3, 0.4) is 0 Å². The Bertz CT molecular complexity index is 473. The molecule has 0 bridgehead atoms. The summed E-state index contributed by atoms with van der Waals surface area (Å²) in [6.45, 7) is 4.04. The van der Waals surface area contributed by atoms with Crippen LogP contribution in [0.1, 0.15) is 25.5 Å². The molecule has 0 aliphatic rings. The molecule has 0 radical (unpaired) electrons. The normalized spacial score (nSPS) is 10.6. The van der Waals surface area contributed by atoms with Gasteiger partial charge in [0.25, 0.3) is 5.95 Å². The number of hydrogen-bond acceptors (Lipinski definition) is 5. The van der Waals surface area contributed by atoms with Gasteiger partial charge >= 0.3 is 0 Å². The molecular formula is C10H14N6. The van der Waals surface area contributed by atoms with Crippen LogP contribution in [0.25, 0.3) is 5.95 Å². The molecule has 2 aromatic heterocycles. The van der Waals surface area contributed by atoms with Crippen molar-refractivity contribution < 1.29 is 0 Å². The summed E-state index contributed by atoms with van der Waals surface area (Å²) in [7, 11) is 0. The number of aryl methyl sites for hydroxylation is 2. The average Bonchev–Trinajstić information content (AvgIpc) is 2.73. The lowest BCUT2D eigenvalue weighted by atomic mass is 10.4. The maximum absolute atomic E-state index is 5.54. The van der Waals surface area contributed by atoms with Crippen LogP contribution in [-0.2, 0) is 12.8 Å². The largest absolute Gasteiger partial charge is 0.396 e. The molecule has 0 aromatic carbocycles. The van der Waals surface area contributed by atoms with Gasteiger partial charge < -0.3 is 5.73 Å². The fourth-order valence-electron chi connectivity index (χ4n) is 1.37. The summed E-state index contributed by atoms with van der Waals surface area (Å²) in [5.74, 6) is 2.18. The van der Waals surface area contributed by atoms with E-state index in [9.17, 15) is 0 Å². The monoisotopic (exact) mass is 218 g/mol. The van der Waals surface area contributed by atoms with E-state index in [1.165, 1.54) is 0 Å². The first-order valence-corrected chi connectivity index (χ1v) is 5.27. The van der Waals surface area contributed by atoms with Crippen molar-refractivity contribution in [1.82, 2.24) is 24.7 Å². The third-order valence-corrected chi connectivity index (χ3v) is 2.20. The van der Waals surface area contributed by atoms with E-state index in [0.29, 0.717) is 11.6 Å². The Balaban J connectivity index is 2.45. The third kappa shape index (κ3) is 1.86. The minimum atomic E-state index is 0.512. The van der Waals surface area contributed by atoms with Crippen molar-refractivity contribution >= 4 is 5.69 Å². The zero-order valence-electron chi connectivity index (χ0n) is 9.38. The van der Waals surface area contributed by atoms with E-state index < -0.39 is 0 Å². The van der Waals surface area contributed by atoms with Gasteiger partial charge in [0.15, 0.2) is 5.82 Å². The lowest BCUT2D eigenvalue weighted by Gasteiger charge is -2.01. The van der Waals surface area contributed by atoms with E-state index in [1.807, 2.05) is 13.8 Å². The van der Waals surface area contributed by atoms with Crippen molar-refractivity contribution in [2.45, 2.75) is 26.7 Å². The number of nitrogen functional groups attached to an aromatic ring is 1. The standard InChI is InChI=1S/C10H14N6/c1-3-8-14-9(4-2)16(15-8)10-12-5-7(11)6-13-10/h5-6H,3-4,11H2,1-2H3. The Morgan fingerprint density at radius 1 is 1.19 bits per heavy atom. The summed E-state index contributed by atoms with van der Waals surface area (Å²) < 4.78 is 1.66. The number of nitrogens with zero attached hydrogens (tertiary/aromatic N) is 5. The van der Waals surface area contributed by atoms with Crippen molar-refractivity contribution in [3.63, 3.8) is 0 Å². The molecule has 0 saturated heterocycles. The van der Waals surface area contributed by atoms with E-state index >= 15 is 0 Å². The van der Waals surface area contributed by atoms with Gasteiger partial charge in [0.1, 0.15) is 5.82 Å². The SMILES string of the molecule is CCc1nc(CC)n(-c2ncc(N)cn2)n1. The van der Waals surface area contributed by atoms with Crippen LogP contribution in [0.2, 0.25) is 0 Å². The minimum Gasteiger partial charge on any atom is -0.396 e. The van der Waals surface area contributed by atoms with Gasteiger partial charge in [-0.15, -0.1) is 5.10 Å². The molecule has 0 fully saturated rings. The van der Waals surface area contributed by atoms with Crippen LogP contribution in [-0.4, -0.2) is 24.7 Å². The van der Waals surface area contributed by atoms with Gasteiger partial charge in [0, 0.05) is 12.8 Å². The van der Waals surface area contributed by atoms with Crippen molar-refractivity contribution in [1.29, 1.82) is 0 Å². The molecule has 84 valence electrons. The van der Waals surface area contributed by atoms with Gasteiger partial charge in [-0.2, -0.15) is 4.68 Å². The lowest BCUT2D eigenvalue weighted by molar-refractivity contribution is 0.743. The molecule has 0 saturated carbocycles. The van der Waals surface area contributed by atoms with E-state index in [0.717, 1.165) is 24.5 Å². The quantitative estimate of drug-likeness (QED) is 0.822. The second-order valence-electron chi connectivity index (χ2n) is 3.38. The van der Waals surface area contributed by atoms with Gasteiger partial charge in [-0.1, -0.05) is 13.8 Å². The summed E-state index contributed by atoms with van der Waals surface area (Å²) in [6, 6.07) is 0. The molecule has 0 aliphatic carbocycles. The maximum atomic E-state index is 5.54. The Morgan fingerprint density at radius 2 is 1.88 bits per heavy atom. The van der Waals surface area contributed by atoms with E-state index in [2.05, 4.69) is 20.1 Å². The summed E-state index contributed by atoms with van der Waals surface area (Å²) in [5, 5.41) is 4.34. The first kappa shape index (κ1) is 10.5. The van der Waals surface area contributed by atoms with Gasteiger partial charge in [0.05, 0.1) is 18.1 Å². The van der Waals surface area contributed by atoms with Gasteiger partial charge in [-0.05, 0) is 0 Å². The highest BCUT2D eigenvalue weighted by atomic mass is 15.4. The molecule has 0 unspecified atom stereocenters. The van der Waals surface area contributed by atoms with Crippen LogP contribution < -0.4 is 5.73 Å². The zero-order valence-corrected chi connectivity index (χ0v) is 9.38. The first-order chi connectivity index (χ1) is 7.74. The summed E-state index contributed by atoms with van der Waals surface area (Å²) >= 11 is 0. The van der Waals surface area contributed by atoms with E-state index in [-0.39, 0.29) is 0 Å². The second-order valence-corrected chi connectivity index (χ2v) is 3.38. The fourth-order valence-corrected chi connectivity index (χ4v) is 1.37. The van der Waals surface area contributed by atoms with Crippen LogP contribution in [0.4, 0.5) is 5.69 Å². The number of hydrogen-bond donors (Lipinski definition) is 1. The highest BCUT2D eigenvalue weighted by molar-refractivity contribution is 5.32. The second kappa shape index (κ2) is 4.26. The molecule has 16 heavy (non-hydrogen) atoms. The molecule has 0 spiro atoms. The smallest absolute Gasteiger partial charge is 0.252 e. The summed E-state index contributed by atoms with van der Waals surface area (Å²) in [6.07, 6.45) is 4.72. The predicted molar refractivity (Wildman–Crippen MR) is 60.1 cm³/mol. The van der Waals surface area contributed by atoms with Crippen LogP contribution in [0.15, 0.2) is 12.4 Å². The molecule has 0 atom stereocenters. The predicted octanol–water partition coefficient (Wildman–Crippen LogP) is 0.764. The molecular weight excluding hydrogens is 204 g/mol. The molecule has 2 aromatic rings. The molecule has 2 N–H and O–H groups in total. The third-order valence-electron chi connectivity index (χ3n) is 2.20. The summed E-state index contributed by atoms with van der Waals surface area (Å²) in [5.41, 5.74) is 6.08. The Kier molecular flexibility index (Phi) is 2.80.